The average Bonchev–Trinajstić information content (AvgIpc) is 3.07. The number of carbonyl (C=O) groups is 1. The molecule has 2 aromatic heterocycles. The molecular formula is C19H20N4O3S2. The van der Waals surface area contributed by atoms with E-state index in [1.54, 1.807) is 10.8 Å². The number of aryl methyl sites for hydroxylation is 2. The van der Waals surface area contributed by atoms with E-state index < -0.39 is 0 Å². The molecule has 0 aliphatic rings. The summed E-state index contributed by atoms with van der Waals surface area (Å²) in [5.41, 5.74) is 2.29. The quantitative estimate of drug-likeness (QED) is 0.595. The zero-order valence-electron chi connectivity index (χ0n) is 15.8. The predicted molar refractivity (Wildman–Crippen MR) is 111 cm³/mol. The van der Waals surface area contributed by atoms with Gasteiger partial charge in [0.1, 0.15) is 11.6 Å². The smallest absolute Gasteiger partial charge is 0.244 e. The number of amides is 1. The highest BCUT2D eigenvalue weighted by Gasteiger charge is 2.12. The van der Waals surface area contributed by atoms with E-state index >= 15 is 0 Å². The summed E-state index contributed by atoms with van der Waals surface area (Å²) in [6.45, 7) is 3.92. The van der Waals surface area contributed by atoms with Crippen molar-refractivity contribution in [2.24, 2.45) is 0 Å². The lowest BCUT2D eigenvalue weighted by molar-refractivity contribution is -0.116. The van der Waals surface area contributed by atoms with Crippen LogP contribution in [0.2, 0.25) is 0 Å². The molecule has 0 atom stereocenters. The first-order valence-corrected chi connectivity index (χ1v) is 10.3. The summed E-state index contributed by atoms with van der Waals surface area (Å²) in [7, 11) is 1.44. The molecule has 0 unspecified atom stereocenters. The van der Waals surface area contributed by atoms with E-state index in [4.69, 9.17) is 4.74 Å². The second-order valence-electron chi connectivity index (χ2n) is 6.12. The SMILES string of the molecule is COc1cn(CC(=O)Nc2cccc(C)c2)c(CSc2nnc(C)s2)cc1=O. The molecule has 0 saturated carbocycles. The number of benzene rings is 1. The molecule has 3 aromatic rings. The van der Waals surface area contributed by atoms with E-state index in [9.17, 15) is 9.59 Å². The van der Waals surface area contributed by atoms with Crippen molar-refractivity contribution in [2.75, 3.05) is 12.4 Å². The van der Waals surface area contributed by atoms with Crippen molar-refractivity contribution in [3.63, 3.8) is 0 Å². The molecule has 0 aliphatic carbocycles. The predicted octanol–water partition coefficient (Wildman–Crippen LogP) is 3.26. The fraction of sp³-hybridized carbons (Fsp3) is 0.263. The minimum absolute atomic E-state index is 0.0651. The molecule has 1 aromatic carbocycles. The fourth-order valence-electron chi connectivity index (χ4n) is 2.57. The molecule has 0 bridgehead atoms. The van der Waals surface area contributed by atoms with Crippen molar-refractivity contribution in [3.05, 3.63) is 63.0 Å². The second kappa shape index (κ2) is 9.03. The molecule has 0 spiro atoms. The lowest BCUT2D eigenvalue weighted by Crippen LogP contribution is -2.22. The van der Waals surface area contributed by atoms with Gasteiger partial charge in [0.15, 0.2) is 10.1 Å². The van der Waals surface area contributed by atoms with Crippen LogP contribution in [0.5, 0.6) is 5.75 Å². The van der Waals surface area contributed by atoms with E-state index in [1.165, 1.54) is 36.3 Å². The van der Waals surface area contributed by atoms with Crippen LogP contribution >= 0.6 is 23.1 Å². The Hall–Kier alpha value is -2.65. The van der Waals surface area contributed by atoms with Crippen LogP contribution in [-0.4, -0.2) is 27.8 Å². The molecule has 2 heterocycles. The van der Waals surface area contributed by atoms with Crippen molar-refractivity contribution >= 4 is 34.7 Å². The lowest BCUT2D eigenvalue weighted by Gasteiger charge is -2.14. The van der Waals surface area contributed by atoms with Crippen molar-refractivity contribution < 1.29 is 9.53 Å². The minimum Gasteiger partial charge on any atom is -0.491 e. The highest BCUT2D eigenvalue weighted by Crippen LogP contribution is 2.25. The number of thioether (sulfide) groups is 1. The van der Waals surface area contributed by atoms with Crippen LogP contribution in [0.15, 0.2) is 45.7 Å². The standard InChI is InChI=1S/C19H20N4O3S2/c1-12-5-4-6-14(7-12)20-18(25)10-23-9-17(26-3)16(24)8-15(23)11-27-19-22-21-13(2)28-19/h4-9H,10-11H2,1-3H3,(H,20,25). The van der Waals surface area contributed by atoms with E-state index in [-0.39, 0.29) is 23.6 Å². The summed E-state index contributed by atoms with van der Waals surface area (Å²) in [6.07, 6.45) is 1.57. The number of aromatic nitrogens is 3. The number of ether oxygens (including phenoxy) is 1. The molecule has 0 aliphatic heterocycles. The highest BCUT2D eigenvalue weighted by molar-refractivity contribution is 8.00. The number of rotatable bonds is 7. The number of carbonyl (C=O) groups excluding carboxylic acids is 1. The van der Waals surface area contributed by atoms with Gasteiger partial charge in [-0.05, 0) is 31.5 Å². The summed E-state index contributed by atoms with van der Waals surface area (Å²) < 4.78 is 7.67. The zero-order chi connectivity index (χ0) is 20.1. The topological polar surface area (TPSA) is 86.1 Å². The lowest BCUT2D eigenvalue weighted by atomic mass is 10.2. The van der Waals surface area contributed by atoms with Crippen molar-refractivity contribution in [3.8, 4) is 5.75 Å². The van der Waals surface area contributed by atoms with Crippen LogP contribution in [0, 0.1) is 13.8 Å². The maximum atomic E-state index is 12.5. The van der Waals surface area contributed by atoms with E-state index in [1.807, 2.05) is 38.1 Å². The van der Waals surface area contributed by atoms with E-state index in [0.717, 1.165) is 20.6 Å². The van der Waals surface area contributed by atoms with Crippen molar-refractivity contribution in [2.45, 2.75) is 30.5 Å². The number of hydrogen-bond donors (Lipinski definition) is 1. The van der Waals surface area contributed by atoms with Gasteiger partial charge in [-0.3, -0.25) is 9.59 Å². The number of hydrogen-bond acceptors (Lipinski definition) is 7. The molecule has 3 rings (SSSR count). The van der Waals surface area contributed by atoms with Crippen LogP contribution < -0.4 is 15.5 Å². The molecule has 0 fully saturated rings. The first kappa shape index (κ1) is 20.1. The number of nitrogens with one attached hydrogen (secondary N) is 1. The van der Waals surface area contributed by atoms with Crippen LogP contribution in [0.1, 0.15) is 16.3 Å². The molecule has 1 N–H and O–H groups in total. The third-order valence-electron chi connectivity index (χ3n) is 3.87. The molecular weight excluding hydrogens is 396 g/mol. The Balaban J connectivity index is 1.79. The van der Waals surface area contributed by atoms with Crippen LogP contribution in [0.3, 0.4) is 0 Å². The van der Waals surface area contributed by atoms with Gasteiger partial charge in [0.25, 0.3) is 0 Å². The normalized spacial score (nSPS) is 10.7. The Bertz CT molecular complexity index is 1050. The average molecular weight is 417 g/mol. The molecule has 7 nitrogen and oxygen atoms in total. The summed E-state index contributed by atoms with van der Waals surface area (Å²) >= 11 is 2.97. The van der Waals surface area contributed by atoms with Crippen LogP contribution in [-0.2, 0) is 17.1 Å². The number of pyridine rings is 1. The Labute approximate surface area is 170 Å². The fourth-order valence-corrected chi connectivity index (χ4v) is 4.38. The molecule has 28 heavy (non-hydrogen) atoms. The number of anilines is 1. The Morgan fingerprint density at radius 3 is 2.79 bits per heavy atom. The first-order valence-electron chi connectivity index (χ1n) is 8.51. The van der Waals surface area contributed by atoms with Gasteiger partial charge in [-0.25, -0.2) is 0 Å². The third-order valence-corrected chi connectivity index (χ3v) is 5.87. The van der Waals surface area contributed by atoms with Crippen LogP contribution in [0.4, 0.5) is 5.69 Å². The Morgan fingerprint density at radius 2 is 2.11 bits per heavy atom. The molecule has 9 heteroatoms. The Kier molecular flexibility index (Phi) is 6.48. The maximum absolute atomic E-state index is 12.5. The van der Waals surface area contributed by atoms with Gasteiger partial charge in [-0.1, -0.05) is 35.2 Å². The van der Waals surface area contributed by atoms with Crippen molar-refractivity contribution in [1.29, 1.82) is 0 Å². The first-order chi connectivity index (χ1) is 13.4. The summed E-state index contributed by atoms with van der Waals surface area (Å²) in [5, 5.41) is 11.8. The molecule has 146 valence electrons. The van der Waals surface area contributed by atoms with Gasteiger partial charge in [0.2, 0.25) is 11.3 Å². The largest absolute Gasteiger partial charge is 0.491 e. The second-order valence-corrected chi connectivity index (χ2v) is 8.52. The summed E-state index contributed by atoms with van der Waals surface area (Å²) in [6, 6.07) is 9.09. The number of methoxy groups -OCH3 is 1. The molecule has 0 saturated heterocycles. The van der Waals surface area contributed by atoms with Gasteiger partial charge in [-0.2, -0.15) is 0 Å². The Morgan fingerprint density at radius 1 is 1.29 bits per heavy atom. The highest BCUT2D eigenvalue weighted by atomic mass is 32.2. The van der Waals surface area contributed by atoms with Gasteiger partial charge in [0, 0.05) is 23.2 Å². The molecule has 1 amide bonds. The van der Waals surface area contributed by atoms with E-state index in [2.05, 4.69) is 15.5 Å². The van der Waals surface area contributed by atoms with Crippen molar-refractivity contribution in [1.82, 2.24) is 14.8 Å². The van der Waals surface area contributed by atoms with Gasteiger partial charge in [0.05, 0.1) is 13.3 Å². The number of nitrogens with zero attached hydrogens (tertiary/aromatic N) is 3. The minimum atomic E-state index is -0.220. The molecule has 0 radical (unpaired) electrons. The maximum Gasteiger partial charge on any atom is 0.244 e. The zero-order valence-corrected chi connectivity index (χ0v) is 17.4. The summed E-state index contributed by atoms with van der Waals surface area (Å²) in [5.74, 6) is 0.504. The van der Waals surface area contributed by atoms with Gasteiger partial charge >= 0.3 is 0 Å². The van der Waals surface area contributed by atoms with Gasteiger partial charge in [-0.15, -0.1) is 10.2 Å². The monoisotopic (exact) mass is 416 g/mol. The third kappa shape index (κ3) is 5.20. The summed E-state index contributed by atoms with van der Waals surface area (Å²) in [4.78, 5) is 24.7. The van der Waals surface area contributed by atoms with Crippen LogP contribution in [0.25, 0.3) is 0 Å². The van der Waals surface area contributed by atoms with Gasteiger partial charge < -0.3 is 14.6 Å². The van der Waals surface area contributed by atoms with E-state index in [0.29, 0.717) is 11.4 Å².